The molecular weight excluding hydrogens is 226 g/mol. The number of aryl methyl sites for hydroxylation is 2. The summed E-state index contributed by atoms with van der Waals surface area (Å²) in [5.41, 5.74) is 3.46. The first-order valence-corrected chi connectivity index (χ1v) is 6.15. The molecule has 2 aromatic rings. The van der Waals surface area contributed by atoms with Gasteiger partial charge in [0.15, 0.2) is 0 Å². The maximum Gasteiger partial charge on any atom is 0.119 e. The van der Waals surface area contributed by atoms with Crippen LogP contribution in [0.1, 0.15) is 18.2 Å². The lowest BCUT2D eigenvalue weighted by molar-refractivity contribution is 0.340. The number of hydrogen-bond donors (Lipinski definition) is 1. The highest BCUT2D eigenvalue weighted by Gasteiger charge is 2.02. The van der Waals surface area contributed by atoms with Gasteiger partial charge in [0.25, 0.3) is 0 Å². The van der Waals surface area contributed by atoms with Crippen molar-refractivity contribution >= 4 is 5.69 Å². The SMILES string of the molecule is CCOc1ccc(NCc2ccnn2C)c(C)c1. The van der Waals surface area contributed by atoms with Crippen molar-refractivity contribution in [3.05, 3.63) is 41.7 Å². The van der Waals surface area contributed by atoms with Crippen LogP contribution in [-0.4, -0.2) is 16.4 Å². The van der Waals surface area contributed by atoms with Gasteiger partial charge in [-0.1, -0.05) is 0 Å². The second-order valence-corrected chi connectivity index (χ2v) is 4.21. The number of benzene rings is 1. The van der Waals surface area contributed by atoms with Crippen molar-refractivity contribution in [1.29, 1.82) is 0 Å². The van der Waals surface area contributed by atoms with E-state index in [4.69, 9.17) is 4.74 Å². The number of nitrogens with zero attached hydrogens (tertiary/aromatic N) is 2. The van der Waals surface area contributed by atoms with Gasteiger partial charge in [-0.25, -0.2) is 0 Å². The predicted octanol–water partition coefficient (Wildman–Crippen LogP) is 2.74. The molecule has 0 unspecified atom stereocenters. The normalized spacial score (nSPS) is 10.4. The average molecular weight is 245 g/mol. The molecule has 4 nitrogen and oxygen atoms in total. The quantitative estimate of drug-likeness (QED) is 0.880. The van der Waals surface area contributed by atoms with Crippen molar-refractivity contribution in [2.45, 2.75) is 20.4 Å². The van der Waals surface area contributed by atoms with Crippen molar-refractivity contribution in [2.75, 3.05) is 11.9 Å². The highest BCUT2D eigenvalue weighted by molar-refractivity contribution is 5.53. The molecule has 0 atom stereocenters. The molecule has 96 valence electrons. The summed E-state index contributed by atoms with van der Waals surface area (Å²) in [7, 11) is 1.95. The second kappa shape index (κ2) is 5.58. The average Bonchev–Trinajstić information content (AvgIpc) is 2.74. The fourth-order valence-corrected chi connectivity index (χ4v) is 1.85. The number of nitrogens with one attached hydrogen (secondary N) is 1. The molecule has 0 saturated carbocycles. The van der Waals surface area contributed by atoms with Gasteiger partial charge in [-0.3, -0.25) is 4.68 Å². The number of hydrogen-bond acceptors (Lipinski definition) is 3. The summed E-state index contributed by atoms with van der Waals surface area (Å²) < 4.78 is 7.34. The van der Waals surface area contributed by atoms with Gasteiger partial charge in [0.2, 0.25) is 0 Å². The molecule has 4 heteroatoms. The Hall–Kier alpha value is -1.97. The number of rotatable bonds is 5. The van der Waals surface area contributed by atoms with Gasteiger partial charge in [0.05, 0.1) is 18.8 Å². The van der Waals surface area contributed by atoms with Crippen LogP contribution in [0.4, 0.5) is 5.69 Å². The van der Waals surface area contributed by atoms with Gasteiger partial charge in [-0.05, 0) is 43.7 Å². The van der Waals surface area contributed by atoms with E-state index in [0.717, 1.165) is 23.7 Å². The lowest BCUT2D eigenvalue weighted by atomic mass is 10.2. The zero-order valence-corrected chi connectivity index (χ0v) is 11.1. The fourth-order valence-electron chi connectivity index (χ4n) is 1.85. The molecule has 2 rings (SSSR count). The summed E-state index contributed by atoms with van der Waals surface area (Å²) in [5.74, 6) is 0.918. The van der Waals surface area contributed by atoms with E-state index in [1.807, 2.05) is 37.0 Å². The van der Waals surface area contributed by atoms with Crippen LogP contribution in [0.25, 0.3) is 0 Å². The molecule has 1 heterocycles. The topological polar surface area (TPSA) is 39.1 Å². The van der Waals surface area contributed by atoms with E-state index in [-0.39, 0.29) is 0 Å². The van der Waals surface area contributed by atoms with E-state index in [9.17, 15) is 0 Å². The summed E-state index contributed by atoms with van der Waals surface area (Å²) >= 11 is 0. The molecular formula is C14H19N3O. The van der Waals surface area contributed by atoms with Gasteiger partial charge in [0.1, 0.15) is 5.75 Å². The largest absolute Gasteiger partial charge is 0.494 e. The molecule has 0 aliphatic carbocycles. The Morgan fingerprint density at radius 2 is 2.17 bits per heavy atom. The zero-order chi connectivity index (χ0) is 13.0. The van der Waals surface area contributed by atoms with Crippen molar-refractivity contribution < 1.29 is 4.74 Å². The predicted molar refractivity (Wildman–Crippen MR) is 72.9 cm³/mol. The highest BCUT2D eigenvalue weighted by atomic mass is 16.5. The summed E-state index contributed by atoms with van der Waals surface area (Å²) in [5, 5.41) is 7.56. The Kier molecular flexibility index (Phi) is 3.87. The summed E-state index contributed by atoms with van der Waals surface area (Å²) in [6.45, 7) is 5.53. The van der Waals surface area contributed by atoms with Gasteiger partial charge >= 0.3 is 0 Å². The number of aromatic nitrogens is 2. The lowest BCUT2D eigenvalue weighted by Crippen LogP contribution is -2.06. The van der Waals surface area contributed by atoms with Crippen molar-refractivity contribution in [3.8, 4) is 5.75 Å². The number of ether oxygens (including phenoxy) is 1. The molecule has 0 radical (unpaired) electrons. The third kappa shape index (κ3) is 2.83. The van der Waals surface area contributed by atoms with Gasteiger partial charge in [-0.15, -0.1) is 0 Å². The van der Waals surface area contributed by atoms with E-state index in [0.29, 0.717) is 6.61 Å². The Morgan fingerprint density at radius 1 is 1.33 bits per heavy atom. The Bertz CT molecular complexity index is 520. The molecule has 0 amide bonds. The van der Waals surface area contributed by atoms with Gasteiger partial charge < -0.3 is 10.1 Å². The Balaban J connectivity index is 2.03. The molecule has 1 N–H and O–H groups in total. The second-order valence-electron chi connectivity index (χ2n) is 4.21. The third-order valence-electron chi connectivity index (χ3n) is 2.89. The molecule has 0 spiro atoms. The monoisotopic (exact) mass is 245 g/mol. The van der Waals surface area contributed by atoms with Crippen LogP contribution >= 0.6 is 0 Å². The minimum absolute atomic E-state index is 0.696. The fraction of sp³-hybridized carbons (Fsp3) is 0.357. The third-order valence-corrected chi connectivity index (χ3v) is 2.89. The van der Waals surface area contributed by atoms with Crippen LogP contribution in [0.15, 0.2) is 30.5 Å². The molecule has 1 aromatic heterocycles. The summed E-state index contributed by atoms with van der Waals surface area (Å²) in [4.78, 5) is 0. The minimum atomic E-state index is 0.696. The van der Waals surface area contributed by atoms with Crippen LogP contribution in [0.3, 0.4) is 0 Å². The molecule has 18 heavy (non-hydrogen) atoms. The van der Waals surface area contributed by atoms with Gasteiger partial charge in [0, 0.05) is 18.9 Å². The highest BCUT2D eigenvalue weighted by Crippen LogP contribution is 2.21. The smallest absolute Gasteiger partial charge is 0.119 e. The molecule has 0 saturated heterocycles. The van der Waals surface area contributed by atoms with Crippen molar-refractivity contribution in [3.63, 3.8) is 0 Å². The zero-order valence-electron chi connectivity index (χ0n) is 11.1. The maximum atomic E-state index is 5.47. The molecule has 0 fully saturated rings. The Morgan fingerprint density at radius 3 is 2.78 bits per heavy atom. The molecule has 0 aliphatic rings. The van der Waals surface area contributed by atoms with E-state index in [1.54, 1.807) is 0 Å². The first kappa shape index (κ1) is 12.5. The van der Waals surface area contributed by atoms with Crippen LogP contribution in [-0.2, 0) is 13.6 Å². The van der Waals surface area contributed by atoms with E-state index < -0.39 is 0 Å². The van der Waals surface area contributed by atoms with Crippen molar-refractivity contribution in [1.82, 2.24) is 9.78 Å². The Labute approximate surface area is 108 Å². The lowest BCUT2D eigenvalue weighted by Gasteiger charge is -2.11. The first-order valence-electron chi connectivity index (χ1n) is 6.15. The molecule has 1 aromatic carbocycles. The van der Waals surface area contributed by atoms with Crippen LogP contribution in [0, 0.1) is 6.92 Å². The summed E-state index contributed by atoms with van der Waals surface area (Å²) in [6, 6.07) is 8.10. The summed E-state index contributed by atoms with van der Waals surface area (Å²) in [6.07, 6.45) is 1.81. The van der Waals surface area contributed by atoms with E-state index in [2.05, 4.69) is 29.5 Å². The van der Waals surface area contributed by atoms with E-state index >= 15 is 0 Å². The maximum absolute atomic E-state index is 5.47. The van der Waals surface area contributed by atoms with Crippen LogP contribution in [0.2, 0.25) is 0 Å². The molecule has 0 bridgehead atoms. The standard InChI is InChI=1S/C14H19N3O/c1-4-18-13-5-6-14(11(2)9-13)15-10-12-7-8-16-17(12)3/h5-9,15H,4,10H2,1-3H3. The minimum Gasteiger partial charge on any atom is -0.494 e. The number of anilines is 1. The molecule has 0 aliphatic heterocycles. The van der Waals surface area contributed by atoms with Crippen molar-refractivity contribution in [2.24, 2.45) is 7.05 Å². The first-order chi connectivity index (χ1) is 8.70. The van der Waals surface area contributed by atoms with Crippen LogP contribution in [0.5, 0.6) is 5.75 Å². The van der Waals surface area contributed by atoms with Gasteiger partial charge in [-0.2, -0.15) is 5.10 Å². The van der Waals surface area contributed by atoms with Crippen LogP contribution < -0.4 is 10.1 Å². The van der Waals surface area contributed by atoms with E-state index in [1.165, 1.54) is 5.56 Å².